The summed E-state index contributed by atoms with van der Waals surface area (Å²) >= 11 is 6.24. The number of rotatable bonds is 6. The molecule has 2 aliphatic rings. The zero-order valence-electron chi connectivity index (χ0n) is 20.2. The number of nitrogens with one attached hydrogen (secondary N) is 1. The molecule has 2 fully saturated rings. The highest BCUT2D eigenvalue weighted by Crippen LogP contribution is 2.32. The fourth-order valence-electron chi connectivity index (χ4n) is 4.43. The van der Waals surface area contributed by atoms with Crippen LogP contribution in [0.15, 0.2) is 48.7 Å². The van der Waals surface area contributed by atoms with E-state index in [9.17, 15) is 5.26 Å². The van der Waals surface area contributed by atoms with Gasteiger partial charge >= 0.3 is 0 Å². The van der Waals surface area contributed by atoms with Gasteiger partial charge in [-0.05, 0) is 36.4 Å². The molecule has 1 aromatic heterocycles. The molecule has 3 heterocycles. The highest BCUT2D eigenvalue weighted by Gasteiger charge is 2.18. The molecule has 1 N–H and O–H groups in total. The summed E-state index contributed by atoms with van der Waals surface area (Å²) in [7, 11) is 1.86. The van der Waals surface area contributed by atoms with Crippen molar-refractivity contribution in [3.8, 4) is 6.07 Å². The van der Waals surface area contributed by atoms with E-state index in [0.717, 1.165) is 69.7 Å². The molecule has 0 amide bonds. The fourth-order valence-corrected chi connectivity index (χ4v) is 4.64. The average Bonchev–Trinajstić information content (AvgIpc) is 2.93. The zero-order chi connectivity index (χ0) is 24.9. The van der Waals surface area contributed by atoms with Gasteiger partial charge in [0.1, 0.15) is 11.9 Å². The lowest BCUT2D eigenvalue weighted by Gasteiger charge is -2.33. The van der Waals surface area contributed by atoms with Crippen molar-refractivity contribution in [1.82, 2.24) is 9.97 Å². The van der Waals surface area contributed by atoms with Crippen LogP contribution in [0.25, 0.3) is 0 Å². The largest absolute Gasteiger partial charge is 0.378 e. The molecule has 0 atom stereocenters. The second-order valence-electron chi connectivity index (χ2n) is 8.61. The second kappa shape index (κ2) is 11.0. The van der Waals surface area contributed by atoms with Crippen molar-refractivity contribution in [3.05, 3.63) is 59.2 Å². The van der Waals surface area contributed by atoms with Gasteiger partial charge in [-0.2, -0.15) is 10.2 Å². The smallest absolute Gasteiger partial charge is 0.229 e. The first kappa shape index (κ1) is 24.1. The maximum Gasteiger partial charge on any atom is 0.229 e. The Labute approximate surface area is 215 Å². The molecule has 9 nitrogen and oxygen atoms in total. The molecule has 2 aromatic carbocycles. The van der Waals surface area contributed by atoms with Crippen LogP contribution in [0.4, 0.5) is 34.5 Å². The van der Waals surface area contributed by atoms with E-state index in [1.165, 1.54) is 0 Å². The molecule has 0 radical (unpaired) electrons. The van der Waals surface area contributed by atoms with E-state index in [1.54, 1.807) is 18.3 Å². The van der Waals surface area contributed by atoms with Gasteiger partial charge < -0.3 is 29.5 Å². The predicted octanol–water partition coefficient (Wildman–Crippen LogP) is 4.19. The van der Waals surface area contributed by atoms with Crippen molar-refractivity contribution in [2.45, 2.75) is 0 Å². The molecule has 36 heavy (non-hydrogen) atoms. The van der Waals surface area contributed by atoms with Crippen LogP contribution in [0.2, 0.25) is 5.02 Å². The van der Waals surface area contributed by atoms with Gasteiger partial charge in [0.15, 0.2) is 0 Å². The van der Waals surface area contributed by atoms with Crippen LogP contribution in [0.1, 0.15) is 5.56 Å². The summed E-state index contributed by atoms with van der Waals surface area (Å²) in [5.74, 6) is 1.11. The normalized spacial score (nSPS) is 15.9. The molecule has 2 saturated heterocycles. The monoisotopic (exact) mass is 505 g/mol. The molecule has 0 spiro atoms. The topological polar surface area (TPSA) is 89.8 Å². The number of nitriles is 1. The van der Waals surface area contributed by atoms with Gasteiger partial charge in [-0.15, -0.1) is 0 Å². The van der Waals surface area contributed by atoms with Gasteiger partial charge in [0.05, 0.1) is 42.7 Å². The first-order valence-corrected chi connectivity index (χ1v) is 12.3. The summed E-state index contributed by atoms with van der Waals surface area (Å²) < 4.78 is 11.1. The molecule has 5 rings (SSSR count). The van der Waals surface area contributed by atoms with E-state index in [0.29, 0.717) is 28.0 Å². The Morgan fingerprint density at radius 3 is 2.22 bits per heavy atom. The third-order valence-electron chi connectivity index (χ3n) is 6.36. The average molecular weight is 506 g/mol. The van der Waals surface area contributed by atoms with Gasteiger partial charge in [0.25, 0.3) is 0 Å². The number of benzene rings is 2. The van der Waals surface area contributed by atoms with Crippen molar-refractivity contribution in [2.24, 2.45) is 0 Å². The molecule has 2 aliphatic heterocycles. The number of hydrogen-bond donors (Lipinski definition) is 1. The molecule has 0 bridgehead atoms. The lowest BCUT2D eigenvalue weighted by atomic mass is 10.2. The standard InChI is InChI=1S/C26H28ClN7O2/c1-32(24-4-2-3-23(27)22(24)18-28)25-5-6-29-26(31-25)30-19-15-20(33-7-11-35-12-8-33)17-21(16-19)34-9-13-36-14-10-34/h2-6,15-17H,7-14H2,1H3,(H,29,30,31). The Morgan fingerprint density at radius 2 is 1.61 bits per heavy atom. The van der Waals surface area contributed by atoms with Crippen LogP contribution < -0.4 is 20.0 Å². The number of ether oxygens (including phenoxy) is 2. The minimum absolute atomic E-state index is 0.406. The van der Waals surface area contributed by atoms with E-state index in [2.05, 4.69) is 44.4 Å². The van der Waals surface area contributed by atoms with E-state index in [1.807, 2.05) is 24.1 Å². The molecule has 3 aromatic rings. The minimum atomic E-state index is 0.406. The lowest BCUT2D eigenvalue weighted by molar-refractivity contribution is 0.122. The Morgan fingerprint density at radius 1 is 0.972 bits per heavy atom. The van der Waals surface area contributed by atoms with Gasteiger partial charge in [0.2, 0.25) is 5.95 Å². The second-order valence-corrected chi connectivity index (χ2v) is 9.01. The molecule has 0 unspecified atom stereocenters. The van der Waals surface area contributed by atoms with Crippen LogP contribution in [0, 0.1) is 11.3 Å². The van der Waals surface area contributed by atoms with Crippen LogP contribution in [0.5, 0.6) is 0 Å². The molecular weight excluding hydrogens is 478 g/mol. The van der Waals surface area contributed by atoms with Gasteiger partial charge in [-0.3, -0.25) is 0 Å². The first-order valence-electron chi connectivity index (χ1n) is 12.0. The lowest BCUT2D eigenvalue weighted by Crippen LogP contribution is -2.38. The summed E-state index contributed by atoms with van der Waals surface area (Å²) in [5, 5.41) is 13.4. The maximum absolute atomic E-state index is 9.58. The van der Waals surface area contributed by atoms with Crippen LogP contribution in [0.3, 0.4) is 0 Å². The molecule has 10 heteroatoms. The SMILES string of the molecule is CN(c1ccnc(Nc2cc(N3CCOCC3)cc(N3CCOCC3)c2)n1)c1cccc(Cl)c1C#N. The molecule has 0 saturated carbocycles. The van der Waals surface area contributed by atoms with E-state index in [4.69, 9.17) is 26.1 Å². The van der Waals surface area contributed by atoms with E-state index in [-0.39, 0.29) is 0 Å². The summed E-state index contributed by atoms with van der Waals surface area (Å²) in [4.78, 5) is 15.7. The van der Waals surface area contributed by atoms with Gasteiger partial charge in [-0.25, -0.2) is 4.98 Å². The number of hydrogen-bond acceptors (Lipinski definition) is 9. The predicted molar refractivity (Wildman–Crippen MR) is 142 cm³/mol. The molecule has 0 aliphatic carbocycles. The number of morpholine rings is 2. The van der Waals surface area contributed by atoms with Crippen molar-refractivity contribution in [1.29, 1.82) is 5.26 Å². The third kappa shape index (κ3) is 5.31. The first-order chi connectivity index (χ1) is 17.6. The summed E-state index contributed by atoms with van der Waals surface area (Å²) in [6.07, 6.45) is 1.70. The maximum atomic E-state index is 9.58. The molecular formula is C26H28ClN7O2. The highest BCUT2D eigenvalue weighted by molar-refractivity contribution is 6.32. The van der Waals surface area contributed by atoms with Crippen molar-refractivity contribution < 1.29 is 9.47 Å². The highest BCUT2D eigenvalue weighted by atomic mass is 35.5. The molecule has 186 valence electrons. The summed E-state index contributed by atoms with van der Waals surface area (Å²) in [5.41, 5.74) is 4.26. The van der Waals surface area contributed by atoms with Crippen molar-refractivity contribution >= 4 is 46.1 Å². The van der Waals surface area contributed by atoms with Crippen LogP contribution in [-0.4, -0.2) is 69.6 Å². The third-order valence-corrected chi connectivity index (χ3v) is 6.68. The zero-order valence-corrected chi connectivity index (χ0v) is 20.9. The van der Waals surface area contributed by atoms with Crippen LogP contribution in [-0.2, 0) is 9.47 Å². The van der Waals surface area contributed by atoms with E-state index < -0.39 is 0 Å². The Kier molecular flexibility index (Phi) is 7.37. The quantitative estimate of drug-likeness (QED) is 0.529. The Balaban J connectivity index is 1.44. The van der Waals surface area contributed by atoms with Gasteiger partial charge in [0, 0.05) is 56.5 Å². The Bertz CT molecular complexity index is 1220. The van der Waals surface area contributed by atoms with Crippen molar-refractivity contribution in [2.75, 3.05) is 79.7 Å². The van der Waals surface area contributed by atoms with Gasteiger partial charge in [-0.1, -0.05) is 17.7 Å². The number of anilines is 6. The Hall–Kier alpha value is -3.58. The summed E-state index contributed by atoms with van der Waals surface area (Å²) in [6, 6.07) is 15.8. The fraction of sp³-hybridized carbons (Fsp3) is 0.346. The van der Waals surface area contributed by atoms with Crippen LogP contribution >= 0.6 is 11.6 Å². The number of nitrogens with zero attached hydrogens (tertiary/aromatic N) is 6. The summed E-state index contributed by atoms with van der Waals surface area (Å²) in [6.45, 7) is 6.28. The number of halogens is 1. The van der Waals surface area contributed by atoms with Crippen molar-refractivity contribution in [3.63, 3.8) is 0 Å². The number of aromatic nitrogens is 2. The van der Waals surface area contributed by atoms with E-state index >= 15 is 0 Å². The minimum Gasteiger partial charge on any atom is -0.378 e.